The Labute approximate surface area is 115 Å². The molecule has 4 rings (SSSR count). The molecule has 0 spiro atoms. The average Bonchev–Trinajstić information content (AvgIpc) is 2.82. The lowest BCUT2D eigenvalue weighted by Gasteiger charge is -2.47. The summed E-state index contributed by atoms with van der Waals surface area (Å²) in [7, 11) is 1.79. The molecule has 1 fully saturated rings. The van der Waals surface area contributed by atoms with Gasteiger partial charge in [-0.15, -0.1) is 11.8 Å². The number of aryl methyl sites for hydroxylation is 1. The van der Waals surface area contributed by atoms with E-state index in [-0.39, 0.29) is 11.3 Å². The maximum atomic E-state index is 12.1. The molecule has 2 unspecified atom stereocenters. The number of aliphatic imine (C=N–C) groups is 1. The van der Waals surface area contributed by atoms with Crippen LogP contribution >= 0.6 is 11.8 Å². The van der Waals surface area contributed by atoms with Gasteiger partial charge in [-0.25, -0.2) is 4.79 Å². The van der Waals surface area contributed by atoms with Crippen molar-refractivity contribution in [2.24, 2.45) is 4.99 Å². The van der Waals surface area contributed by atoms with Gasteiger partial charge in [-0.1, -0.05) is 11.6 Å². The van der Waals surface area contributed by atoms with Crippen LogP contribution in [-0.4, -0.2) is 40.4 Å². The predicted molar refractivity (Wildman–Crippen MR) is 75.1 cm³/mol. The number of nitrogens with zero attached hydrogens (tertiary/aromatic N) is 2. The molecule has 0 aliphatic carbocycles. The SMILES string of the molecule is Cc1ccc2c(c1)C1=NC(=O)N(C)C3(CCSC13)O2. The summed E-state index contributed by atoms with van der Waals surface area (Å²) < 4.78 is 6.26. The molecule has 0 saturated carbocycles. The summed E-state index contributed by atoms with van der Waals surface area (Å²) in [5, 5.41) is 0.143. The molecule has 3 heterocycles. The lowest BCUT2D eigenvalue weighted by atomic mass is 9.90. The van der Waals surface area contributed by atoms with Crippen LogP contribution in [0.15, 0.2) is 23.2 Å². The van der Waals surface area contributed by atoms with Crippen molar-refractivity contribution in [3.05, 3.63) is 29.3 Å². The minimum Gasteiger partial charge on any atom is -0.465 e. The van der Waals surface area contributed by atoms with E-state index in [2.05, 4.69) is 11.1 Å². The average molecular weight is 274 g/mol. The number of carbonyl (C=O) groups is 1. The lowest BCUT2D eigenvalue weighted by Crippen LogP contribution is -2.64. The second-order valence-electron chi connectivity index (χ2n) is 5.29. The monoisotopic (exact) mass is 274 g/mol. The highest BCUT2D eigenvalue weighted by Gasteiger charge is 2.58. The van der Waals surface area contributed by atoms with Gasteiger partial charge in [0.2, 0.25) is 5.72 Å². The number of urea groups is 1. The van der Waals surface area contributed by atoms with Crippen molar-refractivity contribution < 1.29 is 9.53 Å². The highest BCUT2D eigenvalue weighted by Crippen LogP contribution is 2.50. The van der Waals surface area contributed by atoms with Gasteiger partial charge in [-0.2, -0.15) is 4.99 Å². The fourth-order valence-corrected chi connectivity index (χ4v) is 4.68. The van der Waals surface area contributed by atoms with Gasteiger partial charge in [-0.05, 0) is 24.8 Å². The van der Waals surface area contributed by atoms with E-state index in [4.69, 9.17) is 4.74 Å². The maximum Gasteiger partial charge on any atom is 0.346 e. The van der Waals surface area contributed by atoms with E-state index in [9.17, 15) is 4.79 Å². The molecule has 2 bridgehead atoms. The Balaban J connectivity index is 2.00. The number of carbonyl (C=O) groups excluding carboxylic acids is 1. The van der Waals surface area contributed by atoms with Crippen LogP contribution in [-0.2, 0) is 0 Å². The van der Waals surface area contributed by atoms with E-state index >= 15 is 0 Å². The fraction of sp³-hybridized carbons (Fsp3) is 0.429. The molecule has 5 heteroatoms. The van der Waals surface area contributed by atoms with Gasteiger partial charge in [-0.3, -0.25) is 4.90 Å². The molecule has 0 radical (unpaired) electrons. The molecule has 19 heavy (non-hydrogen) atoms. The van der Waals surface area contributed by atoms with Crippen LogP contribution in [0.5, 0.6) is 5.75 Å². The third-order valence-corrected chi connectivity index (χ3v) is 5.54. The first kappa shape index (κ1) is 11.3. The van der Waals surface area contributed by atoms with Crippen LogP contribution in [0.3, 0.4) is 0 Å². The van der Waals surface area contributed by atoms with E-state index in [1.54, 1.807) is 11.9 Å². The number of fused-ring (bicyclic) bond motifs is 2. The van der Waals surface area contributed by atoms with Crippen molar-refractivity contribution in [3.8, 4) is 5.75 Å². The van der Waals surface area contributed by atoms with E-state index < -0.39 is 5.72 Å². The maximum absolute atomic E-state index is 12.1. The van der Waals surface area contributed by atoms with Crippen molar-refractivity contribution in [2.75, 3.05) is 12.8 Å². The van der Waals surface area contributed by atoms with E-state index in [0.29, 0.717) is 0 Å². The van der Waals surface area contributed by atoms with Crippen molar-refractivity contribution in [1.29, 1.82) is 0 Å². The van der Waals surface area contributed by atoms with Gasteiger partial charge < -0.3 is 4.74 Å². The van der Waals surface area contributed by atoms with E-state index in [0.717, 1.165) is 34.8 Å². The van der Waals surface area contributed by atoms with Crippen LogP contribution in [0.25, 0.3) is 0 Å². The first-order valence-corrected chi connectivity index (χ1v) is 7.45. The number of benzene rings is 1. The lowest BCUT2D eigenvalue weighted by molar-refractivity contribution is -0.0379. The van der Waals surface area contributed by atoms with Gasteiger partial charge in [0, 0.05) is 19.0 Å². The minimum atomic E-state index is -0.527. The highest BCUT2D eigenvalue weighted by atomic mass is 32.2. The van der Waals surface area contributed by atoms with Crippen LogP contribution < -0.4 is 4.74 Å². The van der Waals surface area contributed by atoms with Crippen LogP contribution in [0, 0.1) is 6.92 Å². The summed E-state index contributed by atoms with van der Waals surface area (Å²) in [6, 6.07) is 5.90. The van der Waals surface area contributed by atoms with Crippen molar-refractivity contribution in [1.82, 2.24) is 4.90 Å². The molecule has 98 valence electrons. The molecule has 1 aromatic rings. The van der Waals surface area contributed by atoms with Crippen molar-refractivity contribution in [2.45, 2.75) is 24.3 Å². The molecule has 1 aromatic carbocycles. The number of ether oxygens (including phenoxy) is 1. The van der Waals surface area contributed by atoms with E-state index in [1.165, 1.54) is 0 Å². The Kier molecular flexibility index (Phi) is 2.11. The smallest absolute Gasteiger partial charge is 0.346 e. The highest BCUT2D eigenvalue weighted by molar-refractivity contribution is 8.01. The Bertz CT molecular complexity index is 628. The zero-order valence-corrected chi connectivity index (χ0v) is 11.7. The number of hydrogen-bond donors (Lipinski definition) is 0. The Morgan fingerprint density at radius 3 is 3.21 bits per heavy atom. The summed E-state index contributed by atoms with van der Waals surface area (Å²) in [6.45, 7) is 2.04. The van der Waals surface area contributed by atoms with Crippen LogP contribution in [0.2, 0.25) is 0 Å². The topological polar surface area (TPSA) is 41.9 Å². The molecule has 3 aliphatic rings. The minimum absolute atomic E-state index is 0.143. The third-order valence-electron chi connectivity index (χ3n) is 4.17. The van der Waals surface area contributed by atoms with Gasteiger partial charge in [0.25, 0.3) is 0 Å². The fourth-order valence-electron chi connectivity index (χ4n) is 3.12. The predicted octanol–water partition coefficient (Wildman–Crippen LogP) is 2.44. The summed E-state index contributed by atoms with van der Waals surface area (Å²) in [5.41, 5.74) is 2.51. The first-order chi connectivity index (χ1) is 9.12. The quantitative estimate of drug-likeness (QED) is 0.729. The van der Waals surface area contributed by atoms with Crippen molar-refractivity contribution in [3.63, 3.8) is 0 Å². The summed E-state index contributed by atoms with van der Waals surface area (Å²) in [6.07, 6.45) is 0.858. The molecule has 0 N–H and O–H groups in total. The molecular formula is C14H14N2O2S. The van der Waals surface area contributed by atoms with E-state index in [1.807, 2.05) is 30.8 Å². The zero-order valence-electron chi connectivity index (χ0n) is 10.8. The number of rotatable bonds is 0. The Morgan fingerprint density at radius 2 is 2.37 bits per heavy atom. The van der Waals surface area contributed by atoms with Crippen molar-refractivity contribution >= 4 is 23.5 Å². The van der Waals surface area contributed by atoms with Gasteiger partial charge in [0.15, 0.2) is 0 Å². The first-order valence-electron chi connectivity index (χ1n) is 6.40. The van der Waals surface area contributed by atoms with Crippen LogP contribution in [0.4, 0.5) is 4.79 Å². The second kappa shape index (κ2) is 3.54. The van der Waals surface area contributed by atoms with Gasteiger partial charge in [0.1, 0.15) is 11.0 Å². The molecule has 4 nitrogen and oxygen atoms in total. The largest absolute Gasteiger partial charge is 0.465 e. The molecule has 1 saturated heterocycles. The number of amides is 2. The van der Waals surface area contributed by atoms with Crippen LogP contribution in [0.1, 0.15) is 17.5 Å². The summed E-state index contributed by atoms with van der Waals surface area (Å²) in [4.78, 5) is 18.1. The van der Waals surface area contributed by atoms with Gasteiger partial charge in [0.05, 0.1) is 5.71 Å². The summed E-state index contributed by atoms with van der Waals surface area (Å²) in [5.74, 6) is 1.84. The zero-order chi connectivity index (χ0) is 13.2. The number of hydrogen-bond acceptors (Lipinski definition) is 3. The molecule has 2 atom stereocenters. The number of thioether (sulfide) groups is 1. The molecule has 3 aliphatic heterocycles. The second-order valence-corrected chi connectivity index (χ2v) is 6.50. The molecule has 2 amide bonds. The molecular weight excluding hydrogens is 260 g/mol. The van der Waals surface area contributed by atoms with Gasteiger partial charge >= 0.3 is 6.03 Å². The normalized spacial score (nSPS) is 31.5. The Hall–Kier alpha value is -1.49. The summed E-state index contributed by atoms with van der Waals surface area (Å²) >= 11 is 1.83. The standard InChI is InChI=1S/C14H14N2O2S/c1-8-3-4-10-9(7-8)11-12-14(18-10,5-6-19-12)16(2)13(17)15-11/h3-4,7,12H,5-6H2,1-2H3. The third kappa shape index (κ3) is 1.31. The molecule has 0 aromatic heterocycles. The Morgan fingerprint density at radius 1 is 1.53 bits per heavy atom.